The number of nitrogens with one attached hydrogen (secondary N) is 1. The van der Waals surface area contributed by atoms with Gasteiger partial charge in [-0.2, -0.15) is 0 Å². The smallest absolute Gasteiger partial charge is 0.335 e. The molecule has 1 N–H and O–H groups in total. The van der Waals surface area contributed by atoms with Crippen molar-refractivity contribution in [2.24, 2.45) is 0 Å². The standard InChI is InChI=1S/C26H18Cl3N3O7/c1-2-38-22-11-15(10-21(29)23(22)39-13-14-3-5-16(6-4-14)32(36)37)9-18-24(33)30-26(35)31(25(18)34)17-7-8-19(27)20(28)12-17/h3-12H,2,13H2,1H3,(H,30,33,35)/b18-9+. The predicted octanol–water partition coefficient (Wildman–Crippen LogP) is 6.20. The molecule has 3 aromatic carbocycles. The van der Waals surface area contributed by atoms with E-state index in [4.69, 9.17) is 44.3 Å². The molecule has 0 radical (unpaired) electrons. The first-order valence-electron chi connectivity index (χ1n) is 11.3. The SMILES string of the molecule is CCOc1cc(/C=C2\C(=O)NC(=O)N(c3ccc(Cl)c(Cl)c3)C2=O)cc(Cl)c1OCc1ccc([N+](=O)[O-])cc1. The van der Waals surface area contributed by atoms with E-state index in [2.05, 4.69) is 5.32 Å². The van der Waals surface area contributed by atoms with Gasteiger partial charge in [0.2, 0.25) is 0 Å². The number of nitro groups is 1. The Labute approximate surface area is 236 Å². The maximum absolute atomic E-state index is 13.2. The summed E-state index contributed by atoms with van der Waals surface area (Å²) in [6.07, 6.45) is 1.27. The minimum Gasteiger partial charge on any atom is -0.490 e. The average molecular weight is 591 g/mol. The van der Waals surface area contributed by atoms with Gasteiger partial charge in [-0.3, -0.25) is 25.0 Å². The molecule has 0 aromatic heterocycles. The lowest BCUT2D eigenvalue weighted by Gasteiger charge is -2.26. The fraction of sp³-hybridized carbons (Fsp3) is 0.115. The highest BCUT2D eigenvalue weighted by atomic mass is 35.5. The van der Waals surface area contributed by atoms with Crippen molar-refractivity contribution in [1.29, 1.82) is 0 Å². The number of halogens is 3. The topological polar surface area (TPSA) is 128 Å². The number of rotatable bonds is 8. The van der Waals surface area contributed by atoms with Crippen molar-refractivity contribution >= 4 is 70.1 Å². The summed E-state index contributed by atoms with van der Waals surface area (Å²) in [5, 5.41) is 13.5. The van der Waals surface area contributed by atoms with Gasteiger partial charge in [0.1, 0.15) is 12.2 Å². The Morgan fingerprint density at radius 3 is 2.31 bits per heavy atom. The number of urea groups is 1. The first-order valence-corrected chi connectivity index (χ1v) is 12.4. The zero-order valence-electron chi connectivity index (χ0n) is 20.1. The van der Waals surface area contributed by atoms with Gasteiger partial charge in [0.05, 0.1) is 32.3 Å². The first-order chi connectivity index (χ1) is 18.6. The van der Waals surface area contributed by atoms with Gasteiger partial charge >= 0.3 is 6.03 Å². The number of nitrogens with zero attached hydrogens (tertiary/aromatic N) is 2. The molecular formula is C26H18Cl3N3O7. The molecule has 0 atom stereocenters. The highest BCUT2D eigenvalue weighted by Crippen LogP contribution is 2.38. The number of non-ortho nitro benzene ring substituents is 1. The number of benzene rings is 3. The van der Waals surface area contributed by atoms with Crippen LogP contribution in [0.1, 0.15) is 18.1 Å². The number of anilines is 1. The van der Waals surface area contributed by atoms with Gasteiger partial charge in [0, 0.05) is 12.1 Å². The highest BCUT2D eigenvalue weighted by Gasteiger charge is 2.37. The Morgan fingerprint density at radius 2 is 1.67 bits per heavy atom. The molecule has 0 unspecified atom stereocenters. The average Bonchev–Trinajstić information content (AvgIpc) is 2.88. The summed E-state index contributed by atoms with van der Waals surface area (Å²) in [4.78, 5) is 49.4. The summed E-state index contributed by atoms with van der Waals surface area (Å²) < 4.78 is 11.5. The van der Waals surface area contributed by atoms with Crippen molar-refractivity contribution in [3.63, 3.8) is 0 Å². The number of ether oxygens (including phenoxy) is 2. The molecule has 13 heteroatoms. The molecule has 0 aliphatic carbocycles. The molecular weight excluding hydrogens is 573 g/mol. The third-order valence-corrected chi connectivity index (χ3v) is 6.46. The van der Waals surface area contributed by atoms with Gasteiger partial charge in [-0.15, -0.1) is 0 Å². The molecule has 1 aliphatic heterocycles. The number of carbonyl (C=O) groups excluding carboxylic acids is 3. The summed E-state index contributed by atoms with van der Waals surface area (Å²) in [5.74, 6) is -1.34. The highest BCUT2D eigenvalue weighted by molar-refractivity contribution is 6.43. The molecule has 1 heterocycles. The van der Waals surface area contributed by atoms with Crippen LogP contribution in [-0.2, 0) is 16.2 Å². The van der Waals surface area contributed by atoms with Crippen LogP contribution in [0.15, 0.2) is 60.2 Å². The fourth-order valence-electron chi connectivity index (χ4n) is 3.63. The van der Waals surface area contributed by atoms with Crippen LogP contribution in [0.25, 0.3) is 6.08 Å². The Bertz CT molecular complexity index is 1520. The van der Waals surface area contributed by atoms with Crippen molar-refractivity contribution < 1.29 is 28.8 Å². The minimum atomic E-state index is -0.941. The van der Waals surface area contributed by atoms with Crippen LogP contribution in [0.3, 0.4) is 0 Å². The van der Waals surface area contributed by atoms with E-state index in [9.17, 15) is 24.5 Å². The molecule has 0 bridgehead atoms. The van der Waals surface area contributed by atoms with E-state index in [1.54, 1.807) is 19.1 Å². The Morgan fingerprint density at radius 1 is 0.949 bits per heavy atom. The van der Waals surface area contributed by atoms with Crippen molar-refractivity contribution in [2.75, 3.05) is 11.5 Å². The van der Waals surface area contributed by atoms with E-state index >= 15 is 0 Å². The van der Waals surface area contributed by atoms with Crippen LogP contribution >= 0.6 is 34.8 Å². The normalized spacial score (nSPS) is 14.4. The van der Waals surface area contributed by atoms with E-state index in [1.165, 1.54) is 48.5 Å². The van der Waals surface area contributed by atoms with Crippen molar-refractivity contribution in [3.05, 3.63) is 96.5 Å². The van der Waals surface area contributed by atoms with Crippen LogP contribution in [0.5, 0.6) is 11.5 Å². The van der Waals surface area contributed by atoms with Crippen molar-refractivity contribution in [1.82, 2.24) is 5.32 Å². The zero-order valence-corrected chi connectivity index (χ0v) is 22.3. The number of nitro benzene ring substituents is 1. The number of imide groups is 2. The Balaban J connectivity index is 1.63. The van der Waals surface area contributed by atoms with E-state index in [0.29, 0.717) is 11.1 Å². The van der Waals surface area contributed by atoms with Crippen LogP contribution < -0.4 is 19.7 Å². The summed E-state index contributed by atoms with van der Waals surface area (Å²) in [5.41, 5.74) is 0.715. The van der Waals surface area contributed by atoms with E-state index in [0.717, 1.165) is 4.90 Å². The van der Waals surface area contributed by atoms with Crippen LogP contribution in [-0.4, -0.2) is 29.4 Å². The van der Waals surface area contributed by atoms with Crippen LogP contribution in [0, 0.1) is 10.1 Å². The second-order valence-electron chi connectivity index (χ2n) is 8.03. The molecule has 3 aromatic rings. The van der Waals surface area contributed by atoms with Crippen molar-refractivity contribution in [2.45, 2.75) is 13.5 Å². The van der Waals surface area contributed by atoms with Gasteiger partial charge < -0.3 is 9.47 Å². The van der Waals surface area contributed by atoms with Gasteiger partial charge in [0.15, 0.2) is 11.5 Å². The Kier molecular flexibility index (Phi) is 8.39. The van der Waals surface area contributed by atoms with E-state index in [1.807, 2.05) is 0 Å². The van der Waals surface area contributed by atoms with Gasteiger partial charge in [0.25, 0.3) is 17.5 Å². The Hall–Kier alpha value is -4.12. The lowest BCUT2D eigenvalue weighted by atomic mass is 10.1. The molecule has 1 aliphatic rings. The monoisotopic (exact) mass is 589 g/mol. The number of amides is 4. The number of hydrogen-bond donors (Lipinski definition) is 1. The second kappa shape index (κ2) is 11.7. The molecule has 1 saturated heterocycles. The summed E-state index contributed by atoms with van der Waals surface area (Å²) >= 11 is 18.4. The third-order valence-electron chi connectivity index (χ3n) is 5.44. The maximum Gasteiger partial charge on any atom is 0.335 e. The fourth-order valence-corrected chi connectivity index (χ4v) is 4.19. The largest absolute Gasteiger partial charge is 0.490 e. The molecule has 200 valence electrons. The van der Waals surface area contributed by atoms with Gasteiger partial charge in [-0.1, -0.05) is 34.8 Å². The number of hydrogen-bond acceptors (Lipinski definition) is 7. The molecule has 39 heavy (non-hydrogen) atoms. The summed E-state index contributed by atoms with van der Waals surface area (Å²) in [6, 6.07) is 12.0. The number of barbiturate groups is 1. The predicted molar refractivity (Wildman–Crippen MR) is 146 cm³/mol. The summed E-state index contributed by atoms with van der Waals surface area (Å²) in [6.45, 7) is 2.04. The first kappa shape index (κ1) is 27.9. The molecule has 1 fully saturated rings. The molecule has 4 amide bonds. The lowest BCUT2D eigenvalue weighted by molar-refractivity contribution is -0.384. The summed E-state index contributed by atoms with van der Waals surface area (Å²) in [7, 11) is 0. The molecule has 0 spiro atoms. The number of carbonyl (C=O) groups is 3. The second-order valence-corrected chi connectivity index (χ2v) is 9.25. The zero-order chi connectivity index (χ0) is 28.3. The van der Waals surface area contributed by atoms with Crippen LogP contribution in [0.4, 0.5) is 16.2 Å². The van der Waals surface area contributed by atoms with E-state index < -0.39 is 22.8 Å². The minimum absolute atomic E-state index is 0.0415. The van der Waals surface area contributed by atoms with Gasteiger partial charge in [-0.25, -0.2) is 9.69 Å². The molecule has 4 rings (SSSR count). The van der Waals surface area contributed by atoms with Crippen molar-refractivity contribution in [3.8, 4) is 11.5 Å². The van der Waals surface area contributed by atoms with Crippen LogP contribution in [0.2, 0.25) is 15.1 Å². The lowest BCUT2D eigenvalue weighted by Crippen LogP contribution is -2.54. The quantitative estimate of drug-likeness (QED) is 0.143. The third kappa shape index (κ3) is 6.14. The molecule has 0 saturated carbocycles. The van der Waals surface area contributed by atoms with E-state index in [-0.39, 0.29) is 56.7 Å². The van der Waals surface area contributed by atoms with Gasteiger partial charge in [-0.05, 0) is 66.6 Å². The maximum atomic E-state index is 13.2. The molecule has 10 nitrogen and oxygen atoms in total.